The summed E-state index contributed by atoms with van der Waals surface area (Å²) < 4.78 is 7.20. The van der Waals surface area contributed by atoms with Gasteiger partial charge in [0.1, 0.15) is 11.2 Å². The number of aliphatic hydroxyl groups excluding tert-OH is 6. The molecule has 0 amide bonds. The molecular formula is C76H132O18P4. The standard InChI is InChI=1S/C41H68O4.C35H56O4.2H4O5P2/c1-34(2,3)26-19-28(36(7,8)9)32(29(20-26)37(10,11)12)41(45,40(23-42,24-43)25-44)33-30(38(13,14)15)21-27(35(4,5)6)22-31(33)39(16,17)18;1-22-15-24(30(3,4)5)17-26(32(9,10)11)28(22)35(39,34(19-36,20-37)21-38)29-23(2)16-25(31(6,7)8)18-27(29)33(12,13)14;2*1-6(2)5-7(3)4/h19-22,42-45H,23-25H2,1-18H3;15-18,36-39H,19-21H2,1-14H3;2*1-4H. The Labute approximate surface area is 595 Å². The van der Waals surface area contributed by atoms with Crippen LogP contribution in [0.4, 0.5) is 0 Å². The molecule has 98 heavy (non-hydrogen) atoms. The molecule has 0 aliphatic rings. The molecule has 0 atom stereocenters. The summed E-state index contributed by atoms with van der Waals surface area (Å²) >= 11 is 0. The van der Waals surface area contributed by atoms with E-state index in [0.29, 0.717) is 22.3 Å². The average molecular weight is 1460 g/mol. The van der Waals surface area contributed by atoms with Crippen molar-refractivity contribution in [2.45, 2.75) is 287 Å². The number of aliphatic hydroxyl groups is 8. The molecule has 0 aliphatic carbocycles. The molecule has 16 N–H and O–H groups in total. The Balaban J connectivity index is 0.000000822. The first-order chi connectivity index (χ1) is 43.5. The van der Waals surface area contributed by atoms with E-state index in [9.17, 15) is 40.9 Å². The first-order valence-corrected chi connectivity index (χ1v) is 38.1. The van der Waals surface area contributed by atoms with Crippen molar-refractivity contribution in [1.29, 1.82) is 0 Å². The zero-order chi connectivity index (χ0) is 77.9. The third kappa shape index (κ3) is 22.5. The van der Waals surface area contributed by atoms with E-state index in [1.54, 1.807) is 0 Å². The molecule has 0 aromatic heterocycles. The summed E-state index contributed by atoms with van der Waals surface area (Å²) in [4.78, 5) is 62.5. The van der Waals surface area contributed by atoms with Crippen LogP contribution in [0.2, 0.25) is 0 Å². The minimum atomic E-state index is -2.61. The fourth-order valence-electron chi connectivity index (χ4n) is 12.3. The highest BCUT2D eigenvalue weighted by atomic mass is 31.2. The van der Waals surface area contributed by atoms with Crippen molar-refractivity contribution in [3.05, 3.63) is 138 Å². The molecule has 0 heterocycles. The molecule has 0 saturated carbocycles. The number of rotatable bonds is 16. The Bertz CT molecular complexity index is 2940. The van der Waals surface area contributed by atoms with Gasteiger partial charge in [-0.2, -0.15) is 0 Å². The summed E-state index contributed by atoms with van der Waals surface area (Å²) in [7, 11) is -10.4. The van der Waals surface area contributed by atoms with Gasteiger partial charge in [0, 0.05) is 0 Å². The Morgan fingerprint density at radius 2 is 0.388 bits per heavy atom. The van der Waals surface area contributed by atoms with Crippen LogP contribution in [0.3, 0.4) is 0 Å². The van der Waals surface area contributed by atoms with Crippen LogP contribution in [0.15, 0.2) is 48.5 Å². The van der Waals surface area contributed by atoms with Gasteiger partial charge in [-0.3, -0.25) is 0 Å². The van der Waals surface area contributed by atoms with Crippen molar-refractivity contribution in [1.82, 2.24) is 0 Å². The molecule has 22 heteroatoms. The fourth-order valence-corrected chi connectivity index (χ4v) is 13.4. The quantitative estimate of drug-likeness (QED) is 0.0463. The maximum atomic E-state index is 14.1. The number of hydrogen-bond acceptors (Lipinski definition) is 18. The third-order valence-corrected chi connectivity index (χ3v) is 20.7. The van der Waals surface area contributed by atoms with Gasteiger partial charge in [-0.1, -0.05) is 256 Å². The lowest BCUT2D eigenvalue weighted by Crippen LogP contribution is -2.57. The van der Waals surface area contributed by atoms with Crippen LogP contribution in [0.5, 0.6) is 0 Å². The van der Waals surface area contributed by atoms with E-state index in [-0.39, 0.29) is 32.5 Å². The van der Waals surface area contributed by atoms with E-state index < -0.39 is 118 Å². The van der Waals surface area contributed by atoms with Crippen molar-refractivity contribution in [3.8, 4) is 0 Å². The average Bonchev–Trinajstić information content (AvgIpc) is 0.701. The smallest absolute Gasteiger partial charge is 0.334 e. The molecule has 0 spiro atoms. The lowest BCUT2D eigenvalue weighted by Gasteiger charge is -2.52. The van der Waals surface area contributed by atoms with Crippen LogP contribution in [-0.4, -0.2) is 120 Å². The highest BCUT2D eigenvalue weighted by Crippen LogP contribution is 2.58. The number of aryl methyl sites for hydroxylation is 2. The second-order valence-electron chi connectivity index (χ2n) is 36.9. The molecular weight excluding hydrogens is 1320 g/mol. The topological polar surface area (TPSA) is 342 Å². The van der Waals surface area contributed by atoms with Crippen LogP contribution in [0, 0.1) is 24.7 Å². The van der Waals surface area contributed by atoms with E-state index in [2.05, 4.69) is 265 Å². The Kier molecular flexibility index (Phi) is 32.1. The Morgan fingerprint density at radius 3 is 0.510 bits per heavy atom. The minimum Gasteiger partial charge on any atom is -0.395 e. The molecule has 4 aromatic rings. The Morgan fingerprint density at radius 1 is 0.245 bits per heavy atom. The zero-order valence-electron chi connectivity index (χ0n) is 65.6. The zero-order valence-corrected chi connectivity index (χ0v) is 69.2. The first-order valence-electron chi connectivity index (χ1n) is 33.4. The number of hydrogen-bond donors (Lipinski definition) is 16. The summed E-state index contributed by atoms with van der Waals surface area (Å²) in [5.74, 6) is 0. The van der Waals surface area contributed by atoms with E-state index in [4.69, 9.17) is 39.1 Å². The maximum absolute atomic E-state index is 14.1. The van der Waals surface area contributed by atoms with Crippen molar-refractivity contribution in [2.24, 2.45) is 10.8 Å². The summed E-state index contributed by atoms with van der Waals surface area (Å²) in [5.41, 5.74) is 4.41. The lowest BCUT2D eigenvalue weighted by atomic mass is 9.55. The summed E-state index contributed by atoms with van der Waals surface area (Å²) in [5, 5.41) is 94.1. The van der Waals surface area contributed by atoms with Gasteiger partial charge in [-0.05, 0) is 157 Å². The van der Waals surface area contributed by atoms with Crippen molar-refractivity contribution < 1.29 is 88.6 Å². The second-order valence-corrected chi connectivity index (χ2v) is 40.3. The normalized spacial score (nSPS) is 14.0. The van der Waals surface area contributed by atoms with Gasteiger partial charge in [-0.15, -0.1) is 0 Å². The van der Waals surface area contributed by atoms with Gasteiger partial charge in [0.15, 0.2) is 0 Å². The van der Waals surface area contributed by atoms with Gasteiger partial charge in [0.25, 0.3) is 0 Å². The van der Waals surface area contributed by atoms with E-state index >= 15 is 0 Å². The van der Waals surface area contributed by atoms with Gasteiger partial charge in [-0.25, -0.2) is 8.62 Å². The van der Waals surface area contributed by atoms with Crippen molar-refractivity contribution in [2.75, 3.05) is 39.6 Å². The largest absolute Gasteiger partial charge is 0.395 e. The maximum Gasteiger partial charge on any atom is 0.334 e. The SMILES string of the molecule is CC(C)(C)c1cc(C(C)(C)C)c(C(O)(c2c(C(C)(C)C)cc(C(C)(C)C)cc2C(C)(C)C)C(CO)(CO)CO)c(C(C)(C)C)c1.Cc1cc(C(C)(C)C)cc(C(C)(C)C)c1C(O)(c1c(C)cc(C(C)(C)C)cc1C(C)(C)C)C(CO)(CO)CO.OP(O)OP(O)O.OP(O)OP(O)O. The first kappa shape index (κ1) is 93.9. The predicted octanol–water partition coefficient (Wildman–Crippen LogP) is 14.2. The molecule has 0 radical (unpaired) electrons. The highest BCUT2D eigenvalue weighted by molar-refractivity contribution is 7.53. The van der Waals surface area contributed by atoms with Crippen LogP contribution in [-0.2, 0) is 74.0 Å². The van der Waals surface area contributed by atoms with Gasteiger partial charge in [0.05, 0.1) is 50.5 Å². The van der Waals surface area contributed by atoms with Gasteiger partial charge < -0.3 is 80.0 Å². The number of benzene rings is 4. The fraction of sp³-hybridized carbons (Fsp3) is 0.684. The molecule has 0 saturated heterocycles. The van der Waals surface area contributed by atoms with Crippen LogP contribution >= 0.6 is 34.4 Å². The highest BCUT2D eigenvalue weighted by Gasteiger charge is 2.59. The van der Waals surface area contributed by atoms with Gasteiger partial charge in [0.2, 0.25) is 0 Å². The second kappa shape index (κ2) is 33.5. The molecule has 0 fully saturated rings. The molecule has 4 aromatic carbocycles. The Hall–Kier alpha value is -2.12. The summed E-state index contributed by atoms with van der Waals surface area (Å²) in [6.07, 6.45) is 0. The van der Waals surface area contributed by atoms with E-state index in [0.717, 1.165) is 66.8 Å². The van der Waals surface area contributed by atoms with E-state index in [1.165, 1.54) is 0 Å². The molecule has 0 bridgehead atoms. The van der Waals surface area contributed by atoms with Crippen molar-refractivity contribution in [3.63, 3.8) is 0 Å². The molecule has 4 rings (SSSR count). The summed E-state index contributed by atoms with van der Waals surface area (Å²) in [6, 6.07) is 17.4. The van der Waals surface area contributed by atoms with Crippen LogP contribution in [0.1, 0.15) is 297 Å². The lowest BCUT2D eigenvalue weighted by molar-refractivity contribution is -0.138. The molecule has 18 nitrogen and oxygen atoms in total. The van der Waals surface area contributed by atoms with Crippen molar-refractivity contribution >= 4 is 34.4 Å². The molecule has 0 unspecified atom stereocenters. The van der Waals surface area contributed by atoms with Crippen LogP contribution < -0.4 is 0 Å². The monoisotopic (exact) mass is 1460 g/mol. The molecule has 0 aliphatic heterocycles. The summed E-state index contributed by atoms with van der Waals surface area (Å²) in [6.45, 7) is 65.2. The van der Waals surface area contributed by atoms with E-state index in [1.807, 2.05) is 13.8 Å². The third-order valence-electron chi connectivity index (χ3n) is 18.4. The predicted molar refractivity (Wildman–Crippen MR) is 403 cm³/mol. The van der Waals surface area contributed by atoms with Gasteiger partial charge >= 0.3 is 34.4 Å². The molecule has 564 valence electrons. The minimum absolute atomic E-state index is 0.121. The van der Waals surface area contributed by atoms with Crippen LogP contribution in [0.25, 0.3) is 0 Å².